The molecule has 5 heteroatoms. The molecule has 1 aliphatic carbocycles. The van der Waals surface area contributed by atoms with Crippen LogP contribution < -0.4 is 0 Å². The summed E-state index contributed by atoms with van der Waals surface area (Å²) in [6.45, 7) is 0. The zero-order valence-electron chi connectivity index (χ0n) is 10.7. The Bertz CT molecular complexity index is 557. The van der Waals surface area contributed by atoms with Crippen LogP contribution in [0.2, 0.25) is 0 Å². The van der Waals surface area contributed by atoms with Gasteiger partial charge in [-0.2, -0.15) is 8.42 Å². The van der Waals surface area contributed by atoms with Crippen LogP contribution >= 0.6 is 0 Å². The predicted octanol–water partition coefficient (Wildman–Crippen LogP) is 2.72. The summed E-state index contributed by atoms with van der Waals surface area (Å²) in [4.78, 5) is 10.7. The predicted molar refractivity (Wildman–Crippen MR) is 71.9 cm³/mol. The largest absolute Gasteiger partial charge is 0.303 e. The van der Waals surface area contributed by atoms with Gasteiger partial charge in [0, 0.05) is 6.42 Å². The highest BCUT2D eigenvalue weighted by atomic mass is 32.2. The fourth-order valence-corrected chi connectivity index (χ4v) is 3.76. The smallest absolute Gasteiger partial charge is 0.294 e. The van der Waals surface area contributed by atoms with E-state index in [1.165, 1.54) is 6.07 Å². The Kier molecular flexibility index (Phi) is 4.37. The van der Waals surface area contributed by atoms with Crippen LogP contribution in [0.15, 0.2) is 23.1 Å². The van der Waals surface area contributed by atoms with Gasteiger partial charge in [-0.05, 0) is 36.0 Å². The molecular weight excluding hydrogens is 264 g/mol. The molecule has 0 heterocycles. The van der Waals surface area contributed by atoms with E-state index in [0.29, 0.717) is 5.56 Å². The van der Waals surface area contributed by atoms with Crippen molar-refractivity contribution in [2.24, 2.45) is 0 Å². The number of hydrogen-bond donors (Lipinski definition) is 1. The molecule has 104 valence electrons. The fourth-order valence-electron chi connectivity index (χ4n) is 2.94. The molecule has 1 N–H and O–H groups in total. The van der Waals surface area contributed by atoms with E-state index in [9.17, 15) is 17.8 Å². The molecule has 0 amide bonds. The number of rotatable bonds is 4. The van der Waals surface area contributed by atoms with Gasteiger partial charge >= 0.3 is 0 Å². The summed E-state index contributed by atoms with van der Waals surface area (Å²) in [7, 11) is -4.24. The van der Waals surface area contributed by atoms with Crippen molar-refractivity contribution in [1.29, 1.82) is 0 Å². The van der Waals surface area contributed by atoms with Crippen LogP contribution in [-0.4, -0.2) is 19.3 Å². The van der Waals surface area contributed by atoms with Crippen molar-refractivity contribution in [3.8, 4) is 0 Å². The first-order valence-electron chi connectivity index (χ1n) is 6.57. The number of carbonyl (C=O) groups is 1. The van der Waals surface area contributed by atoms with Gasteiger partial charge in [-0.3, -0.25) is 4.55 Å². The summed E-state index contributed by atoms with van der Waals surface area (Å²) in [5.74, 6) is 0.127. The summed E-state index contributed by atoms with van der Waals surface area (Å²) in [6, 6.07) is 4.77. The maximum atomic E-state index is 11.5. The van der Waals surface area contributed by atoms with Gasteiger partial charge in [0.15, 0.2) is 0 Å². The Balaban J connectivity index is 2.54. The maximum absolute atomic E-state index is 11.5. The van der Waals surface area contributed by atoms with Crippen LogP contribution in [0.5, 0.6) is 0 Å². The number of benzene rings is 1. The van der Waals surface area contributed by atoms with Crippen LogP contribution in [0.25, 0.3) is 0 Å². The van der Waals surface area contributed by atoms with Crippen LogP contribution in [-0.2, 0) is 21.3 Å². The Hall–Kier alpha value is -1.20. The topological polar surface area (TPSA) is 71.4 Å². The third kappa shape index (κ3) is 3.22. The molecule has 0 unspecified atom stereocenters. The Morgan fingerprint density at radius 1 is 1.21 bits per heavy atom. The third-order valence-electron chi connectivity index (χ3n) is 3.75. The minimum atomic E-state index is -4.24. The first-order valence-corrected chi connectivity index (χ1v) is 8.01. The van der Waals surface area contributed by atoms with Gasteiger partial charge in [0.05, 0.1) is 4.90 Å². The van der Waals surface area contributed by atoms with Crippen molar-refractivity contribution in [3.63, 3.8) is 0 Å². The second kappa shape index (κ2) is 5.84. The van der Waals surface area contributed by atoms with Crippen molar-refractivity contribution in [2.45, 2.75) is 49.3 Å². The van der Waals surface area contributed by atoms with E-state index in [4.69, 9.17) is 0 Å². The molecule has 0 bridgehead atoms. The lowest BCUT2D eigenvalue weighted by Crippen LogP contribution is -2.13. The van der Waals surface area contributed by atoms with Gasteiger partial charge in [0.1, 0.15) is 6.29 Å². The normalized spacial score (nSPS) is 17.3. The van der Waals surface area contributed by atoms with Crippen molar-refractivity contribution in [2.75, 3.05) is 0 Å². The summed E-state index contributed by atoms with van der Waals surface area (Å²) >= 11 is 0. The molecule has 0 aromatic heterocycles. The van der Waals surface area contributed by atoms with Crippen LogP contribution in [0, 0.1) is 0 Å². The van der Waals surface area contributed by atoms with E-state index in [-0.39, 0.29) is 17.2 Å². The summed E-state index contributed by atoms with van der Waals surface area (Å²) in [6.07, 6.45) is 6.07. The molecule has 1 aromatic rings. The first-order chi connectivity index (χ1) is 9.04. The van der Waals surface area contributed by atoms with Gasteiger partial charge in [0.2, 0.25) is 0 Å². The summed E-state index contributed by atoms with van der Waals surface area (Å²) in [5, 5.41) is 0. The minimum absolute atomic E-state index is 0.0289. The Labute approximate surface area is 113 Å². The van der Waals surface area contributed by atoms with Gasteiger partial charge in [-0.25, -0.2) is 0 Å². The molecular formula is C14H18O4S. The second-order valence-corrected chi connectivity index (χ2v) is 6.40. The molecule has 0 spiro atoms. The average Bonchev–Trinajstić information content (AvgIpc) is 2.39. The number of aldehydes is 1. The van der Waals surface area contributed by atoms with E-state index < -0.39 is 10.1 Å². The van der Waals surface area contributed by atoms with Crippen molar-refractivity contribution in [3.05, 3.63) is 29.3 Å². The highest BCUT2D eigenvalue weighted by Gasteiger charge is 2.26. The molecule has 4 nitrogen and oxygen atoms in total. The molecule has 0 atom stereocenters. The van der Waals surface area contributed by atoms with Crippen LogP contribution in [0.3, 0.4) is 0 Å². The van der Waals surface area contributed by atoms with Gasteiger partial charge < -0.3 is 4.79 Å². The molecule has 2 rings (SSSR count). The number of carbonyl (C=O) groups excluding carboxylic acids is 1. The first kappa shape index (κ1) is 14.2. The third-order valence-corrected chi connectivity index (χ3v) is 4.66. The lowest BCUT2D eigenvalue weighted by atomic mass is 9.81. The standard InChI is InChI=1S/C14H18O4S/c15-10-9-12-7-4-8-13(19(16,17)18)14(12)11-5-2-1-3-6-11/h4,7-8,10-11H,1-3,5-6,9H2,(H,16,17,18). The molecule has 0 aliphatic heterocycles. The molecule has 1 fully saturated rings. The highest BCUT2D eigenvalue weighted by molar-refractivity contribution is 7.85. The van der Waals surface area contributed by atoms with Gasteiger partial charge in [0.25, 0.3) is 10.1 Å². The fraction of sp³-hybridized carbons (Fsp3) is 0.500. The molecule has 1 aliphatic rings. The van der Waals surface area contributed by atoms with Crippen molar-refractivity contribution < 1.29 is 17.8 Å². The van der Waals surface area contributed by atoms with E-state index in [0.717, 1.165) is 44.0 Å². The zero-order chi connectivity index (χ0) is 13.9. The highest BCUT2D eigenvalue weighted by Crippen LogP contribution is 2.37. The maximum Gasteiger partial charge on any atom is 0.294 e. The molecule has 0 saturated heterocycles. The lowest BCUT2D eigenvalue weighted by molar-refractivity contribution is -0.107. The molecule has 1 saturated carbocycles. The average molecular weight is 282 g/mol. The SMILES string of the molecule is O=CCc1cccc(S(=O)(=O)O)c1C1CCCCC1. The van der Waals surface area contributed by atoms with Gasteiger partial charge in [-0.1, -0.05) is 31.4 Å². The lowest BCUT2D eigenvalue weighted by Gasteiger charge is -2.25. The quantitative estimate of drug-likeness (QED) is 0.681. The Morgan fingerprint density at radius 2 is 1.89 bits per heavy atom. The van der Waals surface area contributed by atoms with Crippen molar-refractivity contribution in [1.82, 2.24) is 0 Å². The monoisotopic (exact) mass is 282 g/mol. The van der Waals surface area contributed by atoms with E-state index in [1.807, 2.05) is 0 Å². The minimum Gasteiger partial charge on any atom is -0.303 e. The molecule has 1 aromatic carbocycles. The van der Waals surface area contributed by atoms with Crippen LogP contribution in [0.1, 0.15) is 49.1 Å². The zero-order valence-corrected chi connectivity index (χ0v) is 11.5. The van der Waals surface area contributed by atoms with E-state index >= 15 is 0 Å². The number of hydrogen-bond acceptors (Lipinski definition) is 3. The summed E-state index contributed by atoms with van der Waals surface area (Å²) < 4.78 is 32.4. The van der Waals surface area contributed by atoms with Crippen LogP contribution in [0.4, 0.5) is 0 Å². The van der Waals surface area contributed by atoms with Gasteiger partial charge in [-0.15, -0.1) is 0 Å². The van der Waals surface area contributed by atoms with E-state index in [2.05, 4.69) is 0 Å². The van der Waals surface area contributed by atoms with E-state index in [1.54, 1.807) is 12.1 Å². The molecule has 0 radical (unpaired) electrons. The second-order valence-electron chi connectivity index (χ2n) is 5.01. The van der Waals surface area contributed by atoms with Crippen molar-refractivity contribution >= 4 is 16.4 Å². The summed E-state index contributed by atoms with van der Waals surface area (Å²) in [5.41, 5.74) is 1.37. The molecule has 19 heavy (non-hydrogen) atoms. The Morgan fingerprint density at radius 3 is 2.47 bits per heavy atom.